The van der Waals surface area contributed by atoms with Crippen LogP contribution >= 0.6 is 0 Å². The summed E-state index contributed by atoms with van der Waals surface area (Å²) >= 11 is 0. The zero-order valence-electron chi connectivity index (χ0n) is 8.41. The summed E-state index contributed by atoms with van der Waals surface area (Å²) in [5, 5.41) is 0. The molecule has 0 aromatic rings. The molecule has 4 nitrogen and oxygen atoms in total. The second kappa shape index (κ2) is 3.35. The Labute approximate surface area is 83.2 Å². The van der Waals surface area contributed by atoms with Crippen LogP contribution in [-0.4, -0.2) is 41.9 Å². The van der Waals surface area contributed by atoms with Crippen molar-refractivity contribution in [1.29, 1.82) is 0 Å². The summed E-state index contributed by atoms with van der Waals surface area (Å²) in [5.41, 5.74) is -0.169. The molecule has 2 heterocycles. The minimum Gasteiger partial charge on any atom is -0.379 e. The van der Waals surface area contributed by atoms with Crippen LogP contribution in [0.1, 0.15) is 26.2 Å². The Morgan fingerprint density at radius 2 is 2.21 bits per heavy atom. The average molecular weight is 197 g/mol. The molecule has 0 aliphatic carbocycles. The van der Waals surface area contributed by atoms with E-state index in [4.69, 9.17) is 4.74 Å². The predicted octanol–water partition coefficient (Wildman–Crippen LogP) is 0.357. The average Bonchev–Trinajstić information content (AvgIpc) is 2.52. The number of carbonyl (C=O) groups excluding carboxylic acids is 2. The molecule has 0 N–H and O–H groups in total. The maximum Gasteiger partial charge on any atom is 0.230 e. The topological polar surface area (TPSA) is 46.6 Å². The first-order valence-corrected chi connectivity index (χ1v) is 5.02. The van der Waals surface area contributed by atoms with E-state index in [1.807, 2.05) is 11.8 Å². The number of hydrogen-bond acceptors (Lipinski definition) is 3. The molecule has 2 fully saturated rings. The van der Waals surface area contributed by atoms with E-state index in [2.05, 4.69) is 0 Å². The number of likely N-dealkylation sites (tertiary alicyclic amines) is 1. The minimum atomic E-state index is -0.169. The molecule has 2 aliphatic heterocycles. The highest BCUT2D eigenvalue weighted by Crippen LogP contribution is 2.28. The number of carbonyl (C=O) groups is 2. The molecule has 0 radical (unpaired) electrons. The minimum absolute atomic E-state index is 0.0331. The monoisotopic (exact) mass is 197 g/mol. The molecule has 1 amide bonds. The van der Waals surface area contributed by atoms with Crippen LogP contribution in [0.25, 0.3) is 0 Å². The second-order valence-corrected chi connectivity index (χ2v) is 4.31. The van der Waals surface area contributed by atoms with E-state index in [1.54, 1.807) is 0 Å². The molecule has 2 rings (SSSR count). The molecule has 0 spiro atoms. The fourth-order valence-electron chi connectivity index (χ4n) is 2.15. The highest BCUT2D eigenvalue weighted by molar-refractivity contribution is 6.00. The van der Waals surface area contributed by atoms with Crippen molar-refractivity contribution < 1.29 is 14.3 Å². The summed E-state index contributed by atoms with van der Waals surface area (Å²) in [5.74, 6) is 0.0306. The molecule has 1 atom stereocenters. The molecular formula is C10H15NO3. The van der Waals surface area contributed by atoms with Gasteiger partial charge in [-0.05, 0) is 13.3 Å². The largest absolute Gasteiger partial charge is 0.379 e. The third-order valence-electron chi connectivity index (χ3n) is 3.11. The zero-order chi connectivity index (χ0) is 10.2. The summed E-state index contributed by atoms with van der Waals surface area (Å²) < 4.78 is 5.31. The van der Waals surface area contributed by atoms with Crippen molar-refractivity contribution in [2.24, 2.45) is 0 Å². The van der Waals surface area contributed by atoms with E-state index in [0.29, 0.717) is 26.2 Å². The van der Waals surface area contributed by atoms with E-state index >= 15 is 0 Å². The smallest absolute Gasteiger partial charge is 0.230 e. The Hall–Kier alpha value is -0.900. The lowest BCUT2D eigenvalue weighted by Crippen LogP contribution is -2.53. The lowest BCUT2D eigenvalue weighted by Gasteiger charge is -2.39. The first-order valence-electron chi connectivity index (χ1n) is 5.02. The van der Waals surface area contributed by atoms with Crippen LogP contribution in [0.5, 0.6) is 0 Å². The molecule has 2 aliphatic rings. The van der Waals surface area contributed by atoms with Gasteiger partial charge in [-0.3, -0.25) is 9.59 Å². The number of piperidine rings is 1. The summed E-state index contributed by atoms with van der Waals surface area (Å²) in [7, 11) is 0. The summed E-state index contributed by atoms with van der Waals surface area (Å²) in [6, 6.07) is 0. The number of ketones is 1. The van der Waals surface area contributed by atoms with Gasteiger partial charge in [0.1, 0.15) is 5.78 Å². The van der Waals surface area contributed by atoms with Gasteiger partial charge in [0.25, 0.3) is 0 Å². The molecular weight excluding hydrogens is 182 g/mol. The van der Waals surface area contributed by atoms with Gasteiger partial charge in [0, 0.05) is 19.6 Å². The van der Waals surface area contributed by atoms with Gasteiger partial charge in [0.2, 0.25) is 5.91 Å². The molecule has 4 heteroatoms. The van der Waals surface area contributed by atoms with Gasteiger partial charge in [-0.15, -0.1) is 0 Å². The van der Waals surface area contributed by atoms with Gasteiger partial charge < -0.3 is 9.64 Å². The van der Waals surface area contributed by atoms with Crippen molar-refractivity contribution in [3.05, 3.63) is 0 Å². The summed E-state index contributed by atoms with van der Waals surface area (Å²) in [4.78, 5) is 24.5. The van der Waals surface area contributed by atoms with Crippen molar-refractivity contribution in [2.45, 2.75) is 31.7 Å². The highest BCUT2D eigenvalue weighted by Gasteiger charge is 2.40. The van der Waals surface area contributed by atoms with Crippen LogP contribution in [0, 0.1) is 0 Å². The van der Waals surface area contributed by atoms with E-state index in [1.165, 1.54) is 0 Å². The number of hydrogen-bond donors (Lipinski definition) is 0. The number of amides is 1. The molecule has 78 valence electrons. The Balaban J connectivity index is 2.10. The highest BCUT2D eigenvalue weighted by atomic mass is 16.5. The maximum atomic E-state index is 11.6. The Bertz CT molecular complexity index is 269. The van der Waals surface area contributed by atoms with E-state index in [9.17, 15) is 9.59 Å². The SMILES string of the molecule is CC1(N2CCC(=O)CC2=O)CCOC1. The van der Waals surface area contributed by atoms with Crippen molar-refractivity contribution in [3.8, 4) is 0 Å². The van der Waals surface area contributed by atoms with Gasteiger partial charge in [-0.25, -0.2) is 0 Å². The standard InChI is InChI=1S/C10H15NO3/c1-10(3-5-14-7-10)11-4-2-8(12)6-9(11)13/h2-7H2,1H3. The number of rotatable bonds is 1. The molecule has 1 unspecified atom stereocenters. The maximum absolute atomic E-state index is 11.6. The molecule has 14 heavy (non-hydrogen) atoms. The summed E-state index contributed by atoms with van der Waals surface area (Å²) in [6.07, 6.45) is 1.46. The third kappa shape index (κ3) is 1.54. The molecule has 0 aromatic carbocycles. The zero-order valence-corrected chi connectivity index (χ0v) is 8.41. The van der Waals surface area contributed by atoms with Crippen LogP contribution < -0.4 is 0 Å². The lowest BCUT2D eigenvalue weighted by molar-refractivity contribution is -0.144. The Kier molecular flexibility index (Phi) is 2.31. The van der Waals surface area contributed by atoms with E-state index < -0.39 is 0 Å². The van der Waals surface area contributed by atoms with Crippen molar-refractivity contribution >= 4 is 11.7 Å². The van der Waals surface area contributed by atoms with Crippen LogP contribution in [-0.2, 0) is 14.3 Å². The molecule has 0 bridgehead atoms. The van der Waals surface area contributed by atoms with Crippen molar-refractivity contribution in [3.63, 3.8) is 0 Å². The lowest BCUT2D eigenvalue weighted by atomic mass is 9.95. The first-order chi connectivity index (χ1) is 6.62. The number of ether oxygens (including phenoxy) is 1. The van der Waals surface area contributed by atoms with Crippen LogP contribution in [0.2, 0.25) is 0 Å². The molecule has 0 aromatic heterocycles. The molecule has 2 saturated heterocycles. The normalized spacial score (nSPS) is 33.9. The second-order valence-electron chi connectivity index (χ2n) is 4.31. The fraction of sp³-hybridized carbons (Fsp3) is 0.800. The van der Waals surface area contributed by atoms with Crippen LogP contribution in [0.4, 0.5) is 0 Å². The van der Waals surface area contributed by atoms with E-state index in [-0.39, 0.29) is 23.7 Å². The first kappa shape index (κ1) is 9.65. The van der Waals surface area contributed by atoms with E-state index in [0.717, 1.165) is 6.42 Å². The van der Waals surface area contributed by atoms with Gasteiger partial charge >= 0.3 is 0 Å². The number of nitrogens with zero attached hydrogens (tertiary/aromatic N) is 1. The number of Topliss-reactive ketones (excluding diaryl/α,β-unsaturated/α-hetero) is 1. The van der Waals surface area contributed by atoms with Gasteiger partial charge in [-0.2, -0.15) is 0 Å². The third-order valence-corrected chi connectivity index (χ3v) is 3.11. The van der Waals surface area contributed by atoms with Crippen molar-refractivity contribution in [2.75, 3.05) is 19.8 Å². The fourth-order valence-corrected chi connectivity index (χ4v) is 2.15. The summed E-state index contributed by atoms with van der Waals surface area (Å²) in [6.45, 7) is 3.92. The quantitative estimate of drug-likeness (QED) is 0.570. The van der Waals surface area contributed by atoms with Gasteiger partial charge in [0.15, 0.2) is 0 Å². The Morgan fingerprint density at radius 3 is 2.79 bits per heavy atom. The molecule has 0 saturated carbocycles. The predicted molar refractivity (Wildman–Crippen MR) is 49.8 cm³/mol. The van der Waals surface area contributed by atoms with Crippen molar-refractivity contribution in [1.82, 2.24) is 4.90 Å². The van der Waals surface area contributed by atoms with Gasteiger partial charge in [0.05, 0.1) is 18.6 Å². The van der Waals surface area contributed by atoms with Crippen LogP contribution in [0.3, 0.4) is 0 Å². The Morgan fingerprint density at radius 1 is 1.43 bits per heavy atom. The van der Waals surface area contributed by atoms with Crippen LogP contribution in [0.15, 0.2) is 0 Å². The van der Waals surface area contributed by atoms with Gasteiger partial charge in [-0.1, -0.05) is 0 Å².